The smallest absolute Gasteiger partial charge is 0.475 e. The Morgan fingerprint density at radius 1 is 1.04 bits per heavy atom. The number of halogens is 8. The number of alkyl halides is 6. The van der Waals surface area contributed by atoms with Crippen LogP contribution >= 0.6 is 11.3 Å². The number of hydrogen-bond acceptors (Lipinski definition) is 9. The summed E-state index contributed by atoms with van der Waals surface area (Å²) in [5.41, 5.74) is 7.26. The Hall–Kier alpha value is -5.10. The number of amides is 1. The first-order valence-electron chi connectivity index (χ1n) is 13.0. The third-order valence-corrected chi connectivity index (χ3v) is 7.96. The molecule has 2 aliphatic heterocycles. The molecule has 47 heavy (non-hydrogen) atoms. The van der Waals surface area contributed by atoms with E-state index >= 15 is 4.39 Å². The van der Waals surface area contributed by atoms with Crippen LogP contribution in [0.2, 0.25) is 0 Å². The molecule has 1 saturated heterocycles. The molecule has 0 radical (unpaired) electrons. The molecule has 0 saturated carbocycles. The Balaban J connectivity index is 0.000000301. The zero-order chi connectivity index (χ0) is 35.0. The Morgan fingerprint density at radius 3 is 2.23 bits per heavy atom. The lowest BCUT2D eigenvalue weighted by molar-refractivity contribution is -0.193. The van der Waals surface area contributed by atoms with Crippen molar-refractivity contribution in [3.8, 4) is 17.2 Å². The molecule has 250 valence electrons. The number of aryl methyl sites for hydroxylation is 1. The van der Waals surface area contributed by atoms with Crippen LogP contribution in [0.5, 0.6) is 0 Å². The van der Waals surface area contributed by atoms with E-state index in [4.69, 9.17) is 25.5 Å². The van der Waals surface area contributed by atoms with Crippen molar-refractivity contribution in [2.45, 2.75) is 31.4 Å². The van der Waals surface area contributed by atoms with Crippen molar-refractivity contribution in [2.24, 2.45) is 0 Å². The van der Waals surface area contributed by atoms with Crippen LogP contribution in [-0.2, 0) is 16.1 Å². The summed E-state index contributed by atoms with van der Waals surface area (Å²) < 4.78 is 95.5. The number of fused-ring (bicyclic) bond motifs is 2. The third-order valence-electron chi connectivity index (χ3n) is 6.94. The molecule has 5 N–H and O–H groups in total. The SMILES string of the molecule is N#Cc1c(N)sc2c(F)ccc(-c3c(F)cc4c5c3nnn5CCC3CNCCN3C4=O)c12.O=C(O)C(F)(F)F.O=C(O)C(F)(F)F. The number of nitrogens with one attached hydrogen (secondary N) is 1. The maximum Gasteiger partial charge on any atom is 0.490 e. The number of anilines is 1. The van der Waals surface area contributed by atoms with Gasteiger partial charge in [0.1, 0.15) is 33.7 Å². The number of piperazine rings is 1. The number of aliphatic carboxylic acids is 2. The number of nitrogen functional groups attached to an aromatic ring is 1. The number of hydrogen-bond donors (Lipinski definition) is 4. The quantitative estimate of drug-likeness (QED) is 0.211. The number of nitriles is 1. The standard InChI is InChI=1S/C22H17F2N7OS.2C2HF3O2/c23-14-2-1-11(16-13(8-25)21(26)33-20(14)16)17-15(24)7-12-19-18(17)28-29-31(19)5-3-10-9-27-4-6-30(10)22(12)32;2*3-2(4,5)1(6)7/h1-2,7,10,27H,3-6,9,26H2;2*(H,6,7). The van der Waals surface area contributed by atoms with Crippen molar-refractivity contribution in [1.29, 1.82) is 5.26 Å². The van der Waals surface area contributed by atoms with Crippen LogP contribution in [0, 0.1) is 23.0 Å². The van der Waals surface area contributed by atoms with E-state index in [0.29, 0.717) is 43.7 Å². The molecular weight excluding hydrogens is 674 g/mol. The Labute approximate surface area is 260 Å². The Morgan fingerprint density at radius 2 is 1.66 bits per heavy atom. The number of aromatic nitrogens is 3. The minimum absolute atomic E-state index is 0.00919. The van der Waals surface area contributed by atoms with E-state index < -0.39 is 35.9 Å². The summed E-state index contributed by atoms with van der Waals surface area (Å²) >= 11 is 0.943. The average Bonchev–Trinajstić information content (AvgIpc) is 3.56. The predicted octanol–water partition coefficient (Wildman–Crippen LogP) is 4.13. The highest BCUT2D eigenvalue weighted by atomic mass is 32.1. The van der Waals surface area contributed by atoms with Crippen LogP contribution in [0.25, 0.3) is 32.2 Å². The van der Waals surface area contributed by atoms with E-state index in [2.05, 4.69) is 15.6 Å². The third kappa shape index (κ3) is 6.87. The Bertz CT molecular complexity index is 1910. The fraction of sp³-hybridized carbons (Fsp3) is 0.308. The van der Waals surface area contributed by atoms with Gasteiger partial charge in [0.05, 0.1) is 15.8 Å². The average molecular weight is 694 g/mol. The zero-order valence-electron chi connectivity index (χ0n) is 23.2. The second-order valence-corrected chi connectivity index (χ2v) is 10.8. The fourth-order valence-corrected chi connectivity index (χ4v) is 5.87. The van der Waals surface area contributed by atoms with Crippen molar-refractivity contribution in [1.82, 2.24) is 25.2 Å². The molecule has 0 bridgehead atoms. The molecule has 2 aromatic heterocycles. The van der Waals surface area contributed by atoms with Gasteiger partial charge in [0.15, 0.2) is 0 Å². The maximum absolute atomic E-state index is 15.7. The number of carboxylic acid groups (broad SMARTS) is 2. The number of thiophene rings is 1. The molecule has 4 aromatic rings. The Kier molecular flexibility index (Phi) is 9.58. The first-order chi connectivity index (χ1) is 21.9. The number of carbonyl (C=O) groups is 3. The van der Waals surface area contributed by atoms with Gasteiger partial charge in [0.2, 0.25) is 0 Å². The molecule has 12 nitrogen and oxygen atoms in total. The molecule has 6 rings (SSSR count). The second kappa shape index (κ2) is 13.0. The van der Waals surface area contributed by atoms with Crippen molar-refractivity contribution >= 4 is 55.3 Å². The van der Waals surface area contributed by atoms with Crippen molar-refractivity contribution in [2.75, 3.05) is 25.4 Å². The maximum atomic E-state index is 15.7. The molecule has 1 unspecified atom stereocenters. The summed E-state index contributed by atoms with van der Waals surface area (Å²) in [5, 5.41) is 36.0. The first kappa shape index (κ1) is 34.8. The van der Waals surface area contributed by atoms with Crippen LogP contribution < -0.4 is 11.1 Å². The van der Waals surface area contributed by atoms with Gasteiger partial charge in [-0.2, -0.15) is 31.6 Å². The highest BCUT2D eigenvalue weighted by Crippen LogP contribution is 2.44. The number of nitrogens with two attached hydrogens (primary N) is 1. The summed E-state index contributed by atoms with van der Waals surface area (Å²) in [4.78, 5) is 33.0. The van der Waals surface area contributed by atoms with E-state index in [-0.39, 0.29) is 49.2 Å². The molecule has 2 aliphatic rings. The molecule has 1 amide bonds. The van der Waals surface area contributed by atoms with E-state index in [0.717, 1.165) is 11.3 Å². The largest absolute Gasteiger partial charge is 0.490 e. The summed E-state index contributed by atoms with van der Waals surface area (Å²) in [7, 11) is 0. The predicted molar refractivity (Wildman–Crippen MR) is 147 cm³/mol. The number of rotatable bonds is 1. The topological polar surface area (TPSA) is 187 Å². The zero-order valence-corrected chi connectivity index (χ0v) is 24.0. The van der Waals surface area contributed by atoms with Gasteiger partial charge in [-0.15, -0.1) is 16.4 Å². The summed E-state index contributed by atoms with van der Waals surface area (Å²) in [6, 6.07) is 5.85. The van der Waals surface area contributed by atoms with E-state index in [1.54, 1.807) is 9.58 Å². The number of carbonyl (C=O) groups excluding carboxylic acids is 1. The van der Waals surface area contributed by atoms with Crippen LogP contribution in [0.4, 0.5) is 40.1 Å². The van der Waals surface area contributed by atoms with Gasteiger partial charge in [-0.3, -0.25) is 4.79 Å². The van der Waals surface area contributed by atoms with Gasteiger partial charge in [-0.25, -0.2) is 23.1 Å². The molecule has 0 aliphatic carbocycles. The number of nitrogens with zero attached hydrogens (tertiary/aromatic N) is 5. The van der Waals surface area contributed by atoms with Gasteiger partial charge < -0.3 is 26.2 Å². The van der Waals surface area contributed by atoms with Crippen LogP contribution in [0.3, 0.4) is 0 Å². The molecule has 1 fully saturated rings. The van der Waals surface area contributed by atoms with Gasteiger partial charge in [0.25, 0.3) is 5.91 Å². The van der Waals surface area contributed by atoms with Gasteiger partial charge in [0, 0.05) is 43.2 Å². The highest BCUT2D eigenvalue weighted by molar-refractivity contribution is 7.23. The number of carboxylic acids is 2. The van der Waals surface area contributed by atoms with Crippen LogP contribution in [0.1, 0.15) is 22.3 Å². The molecule has 1 atom stereocenters. The molecule has 21 heteroatoms. The van der Waals surface area contributed by atoms with Crippen LogP contribution in [0.15, 0.2) is 18.2 Å². The summed E-state index contributed by atoms with van der Waals surface area (Å²) in [5.74, 6) is -7.01. The highest BCUT2D eigenvalue weighted by Gasteiger charge is 2.39. The molecule has 2 aromatic carbocycles. The molecule has 0 spiro atoms. The van der Waals surface area contributed by atoms with Crippen molar-refractivity contribution in [3.05, 3.63) is 41.0 Å². The summed E-state index contributed by atoms with van der Waals surface area (Å²) in [6.45, 7) is 2.39. The normalized spacial score (nSPS) is 16.2. The second-order valence-electron chi connectivity index (χ2n) is 9.79. The minimum atomic E-state index is -5.08. The lowest BCUT2D eigenvalue weighted by atomic mass is 9.94. The minimum Gasteiger partial charge on any atom is -0.475 e. The van der Waals surface area contributed by atoms with Crippen molar-refractivity contribution in [3.63, 3.8) is 0 Å². The van der Waals surface area contributed by atoms with Gasteiger partial charge >= 0.3 is 24.3 Å². The lowest BCUT2D eigenvalue weighted by Crippen LogP contribution is -2.54. The molecule has 4 heterocycles. The lowest BCUT2D eigenvalue weighted by Gasteiger charge is -2.37. The van der Waals surface area contributed by atoms with Gasteiger partial charge in [-0.05, 0) is 24.1 Å². The van der Waals surface area contributed by atoms with Crippen LogP contribution in [-0.4, -0.2) is 86.0 Å². The monoisotopic (exact) mass is 693 g/mol. The van der Waals surface area contributed by atoms with E-state index in [9.17, 15) is 40.8 Å². The molecular formula is C26H19F8N7O5S. The van der Waals surface area contributed by atoms with E-state index in [1.807, 2.05) is 6.07 Å². The number of benzene rings is 2. The van der Waals surface area contributed by atoms with E-state index in [1.165, 1.54) is 18.2 Å². The fourth-order valence-electron chi connectivity index (χ4n) is 4.93. The first-order valence-corrected chi connectivity index (χ1v) is 13.8. The summed E-state index contributed by atoms with van der Waals surface area (Å²) in [6.07, 6.45) is -9.48. The van der Waals surface area contributed by atoms with Crippen molar-refractivity contribution < 1.29 is 59.7 Å². The van der Waals surface area contributed by atoms with Gasteiger partial charge in [-0.1, -0.05) is 11.3 Å².